The lowest BCUT2D eigenvalue weighted by Crippen LogP contribution is -2.39. The highest BCUT2D eigenvalue weighted by atomic mass is 32.1. The van der Waals surface area contributed by atoms with Gasteiger partial charge in [-0.3, -0.25) is 9.59 Å². The third kappa shape index (κ3) is 3.30. The van der Waals surface area contributed by atoms with E-state index in [2.05, 4.69) is 24.0 Å². The molecule has 3 aromatic rings. The third-order valence-corrected chi connectivity index (χ3v) is 6.65. The summed E-state index contributed by atoms with van der Waals surface area (Å²) in [5.74, 6) is 0.569. The molecule has 2 heterocycles. The van der Waals surface area contributed by atoms with E-state index in [0.717, 1.165) is 11.1 Å². The van der Waals surface area contributed by atoms with Crippen LogP contribution in [0.4, 0.5) is 0 Å². The number of fused-ring (bicyclic) bond motifs is 1. The monoisotopic (exact) mass is 381 g/mol. The largest absolute Gasteiger partial charge is 0.331 e. The Morgan fingerprint density at radius 1 is 1.33 bits per heavy atom. The van der Waals surface area contributed by atoms with Gasteiger partial charge in [0.25, 0.3) is 11.5 Å². The first-order chi connectivity index (χ1) is 13.0. The molecule has 2 aromatic heterocycles. The Hall–Kier alpha value is -2.47. The Balaban J connectivity index is 1.75. The molecule has 140 valence electrons. The van der Waals surface area contributed by atoms with Crippen molar-refractivity contribution in [2.75, 3.05) is 0 Å². The van der Waals surface area contributed by atoms with E-state index >= 15 is 0 Å². The van der Waals surface area contributed by atoms with E-state index in [1.807, 2.05) is 30.0 Å². The first kappa shape index (κ1) is 17.9. The maximum atomic E-state index is 13.5. The number of carbonyl (C=O) groups is 1. The standard InChI is InChI=1S/C21H23N3O2S/c1-13-17-19(22-12-23(3)20(17)25)27-18(13)21(26)24(14(2)16-9-10-16)11-15-7-5-4-6-8-15/h4-8,12,14,16H,9-11H2,1-3H3. The van der Waals surface area contributed by atoms with Gasteiger partial charge >= 0.3 is 0 Å². The van der Waals surface area contributed by atoms with Gasteiger partial charge in [0.2, 0.25) is 0 Å². The van der Waals surface area contributed by atoms with Crippen LogP contribution in [-0.2, 0) is 13.6 Å². The van der Waals surface area contributed by atoms with Crippen molar-refractivity contribution in [3.63, 3.8) is 0 Å². The van der Waals surface area contributed by atoms with Gasteiger partial charge in [0.1, 0.15) is 4.83 Å². The van der Waals surface area contributed by atoms with E-state index in [-0.39, 0.29) is 17.5 Å². The van der Waals surface area contributed by atoms with Gasteiger partial charge in [0, 0.05) is 19.6 Å². The lowest BCUT2D eigenvalue weighted by molar-refractivity contribution is 0.0659. The zero-order valence-electron chi connectivity index (χ0n) is 15.8. The van der Waals surface area contributed by atoms with E-state index in [9.17, 15) is 9.59 Å². The number of carbonyl (C=O) groups excluding carboxylic acids is 1. The molecule has 5 nitrogen and oxygen atoms in total. The second-order valence-corrected chi connectivity index (χ2v) is 8.39. The van der Waals surface area contributed by atoms with Crippen LogP contribution in [0.5, 0.6) is 0 Å². The van der Waals surface area contributed by atoms with Gasteiger partial charge in [-0.05, 0) is 43.7 Å². The molecule has 1 atom stereocenters. The predicted molar refractivity (Wildman–Crippen MR) is 108 cm³/mol. The van der Waals surface area contributed by atoms with Gasteiger partial charge in [0.05, 0.1) is 16.6 Å². The van der Waals surface area contributed by atoms with E-state index in [4.69, 9.17) is 0 Å². The molecule has 1 fully saturated rings. The second kappa shape index (κ2) is 6.93. The number of nitrogens with zero attached hydrogens (tertiary/aromatic N) is 3. The highest BCUT2D eigenvalue weighted by molar-refractivity contribution is 7.20. The molecule has 0 bridgehead atoms. The molecule has 1 unspecified atom stereocenters. The van der Waals surface area contributed by atoms with E-state index in [1.54, 1.807) is 7.05 Å². The number of thiophene rings is 1. The average molecular weight is 382 g/mol. The fourth-order valence-electron chi connectivity index (χ4n) is 3.56. The molecular formula is C21H23N3O2S. The summed E-state index contributed by atoms with van der Waals surface area (Å²) in [4.78, 5) is 33.6. The summed E-state index contributed by atoms with van der Waals surface area (Å²) < 4.78 is 1.46. The maximum Gasteiger partial charge on any atom is 0.264 e. The summed E-state index contributed by atoms with van der Waals surface area (Å²) in [5.41, 5.74) is 1.76. The van der Waals surface area contributed by atoms with Crippen LogP contribution in [0.2, 0.25) is 0 Å². The fourth-order valence-corrected chi connectivity index (χ4v) is 4.65. The minimum absolute atomic E-state index is 0.000746. The van der Waals surface area contributed by atoms with Crippen molar-refractivity contribution in [2.45, 2.75) is 39.3 Å². The molecule has 0 spiro atoms. The molecule has 0 N–H and O–H groups in total. The van der Waals surface area contributed by atoms with E-state index in [1.165, 1.54) is 35.1 Å². The Morgan fingerprint density at radius 3 is 2.70 bits per heavy atom. The summed E-state index contributed by atoms with van der Waals surface area (Å²) >= 11 is 1.33. The average Bonchev–Trinajstić information content (AvgIpc) is 3.46. The highest BCUT2D eigenvalue weighted by Gasteiger charge is 2.36. The molecule has 1 aromatic carbocycles. The summed E-state index contributed by atoms with van der Waals surface area (Å²) in [7, 11) is 1.68. The van der Waals surface area contributed by atoms with Gasteiger partial charge < -0.3 is 9.47 Å². The number of benzene rings is 1. The van der Waals surface area contributed by atoms with Crippen LogP contribution in [0.3, 0.4) is 0 Å². The number of hydrogen-bond acceptors (Lipinski definition) is 4. The number of hydrogen-bond donors (Lipinski definition) is 0. The van der Waals surface area contributed by atoms with Crippen LogP contribution in [-0.4, -0.2) is 26.4 Å². The summed E-state index contributed by atoms with van der Waals surface area (Å²) in [6, 6.07) is 10.3. The zero-order chi connectivity index (χ0) is 19.1. The van der Waals surface area contributed by atoms with Crippen LogP contribution in [0, 0.1) is 12.8 Å². The number of aryl methyl sites for hydroxylation is 2. The fraction of sp³-hybridized carbons (Fsp3) is 0.381. The molecule has 1 aliphatic rings. The SMILES string of the molecule is Cc1c(C(=O)N(Cc2ccccc2)C(C)C2CC2)sc2ncn(C)c(=O)c12. The first-order valence-corrected chi connectivity index (χ1v) is 10.1. The number of amides is 1. The van der Waals surface area contributed by atoms with Crippen molar-refractivity contribution in [1.82, 2.24) is 14.5 Å². The Labute approximate surface area is 162 Å². The molecule has 0 radical (unpaired) electrons. The van der Waals surface area contributed by atoms with Crippen molar-refractivity contribution < 1.29 is 4.79 Å². The quantitative estimate of drug-likeness (QED) is 0.676. The number of aromatic nitrogens is 2. The van der Waals surface area contributed by atoms with Crippen LogP contribution >= 0.6 is 11.3 Å². The lowest BCUT2D eigenvalue weighted by Gasteiger charge is -2.29. The van der Waals surface area contributed by atoms with Gasteiger partial charge in [-0.15, -0.1) is 11.3 Å². The third-order valence-electron chi connectivity index (χ3n) is 5.46. The van der Waals surface area contributed by atoms with Crippen molar-refractivity contribution in [3.8, 4) is 0 Å². The molecule has 1 saturated carbocycles. The number of rotatable bonds is 5. The van der Waals surface area contributed by atoms with Crippen LogP contribution in [0.15, 0.2) is 41.5 Å². The minimum atomic E-state index is -0.0994. The maximum absolute atomic E-state index is 13.5. The van der Waals surface area contributed by atoms with E-state index < -0.39 is 0 Å². The van der Waals surface area contributed by atoms with Gasteiger partial charge in [-0.2, -0.15) is 0 Å². The van der Waals surface area contributed by atoms with Gasteiger partial charge in [-0.25, -0.2) is 4.98 Å². The molecule has 0 aliphatic heterocycles. The molecule has 27 heavy (non-hydrogen) atoms. The summed E-state index contributed by atoms with van der Waals surface area (Å²) in [5, 5.41) is 0.562. The molecular weight excluding hydrogens is 358 g/mol. The lowest BCUT2D eigenvalue weighted by atomic mass is 10.1. The van der Waals surface area contributed by atoms with Gasteiger partial charge in [0.15, 0.2) is 0 Å². The Kier molecular flexibility index (Phi) is 4.60. The van der Waals surface area contributed by atoms with Crippen LogP contribution in [0.25, 0.3) is 10.2 Å². The normalized spacial score (nSPS) is 15.1. The van der Waals surface area contributed by atoms with Crippen molar-refractivity contribution in [2.24, 2.45) is 13.0 Å². The predicted octanol–water partition coefficient (Wildman–Crippen LogP) is 3.74. The first-order valence-electron chi connectivity index (χ1n) is 9.27. The highest BCUT2D eigenvalue weighted by Crippen LogP contribution is 2.37. The molecule has 1 aliphatic carbocycles. The minimum Gasteiger partial charge on any atom is -0.331 e. The Morgan fingerprint density at radius 2 is 2.04 bits per heavy atom. The van der Waals surface area contributed by atoms with Crippen LogP contribution < -0.4 is 5.56 Å². The second-order valence-electron chi connectivity index (χ2n) is 7.39. The van der Waals surface area contributed by atoms with Crippen molar-refractivity contribution >= 4 is 27.5 Å². The molecule has 0 saturated heterocycles. The molecule has 1 amide bonds. The molecule has 4 rings (SSSR count). The van der Waals surface area contributed by atoms with Crippen molar-refractivity contribution in [1.29, 1.82) is 0 Å². The smallest absolute Gasteiger partial charge is 0.264 e. The molecule has 6 heteroatoms. The Bertz CT molecular complexity index is 1050. The summed E-state index contributed by atoms with van der Waals surface area (Å²) in [6.45, 7) is 4.58. The zero-order valence-corrected chi connectivity index (χ0v) is 16.6. The van der Waals surface area contributed by atoms with Crippen LogP contribution in [0.1, 0.15) is 40.6 Å². The van der Waals surface area contributed by atoms with E-state index in [0.29, 0.717) is 27.6 Å². The van der Waals surface area contributed by atoms with Gasteiger partial charge in [-0.1, -0.05) is 30.3 Å². The topological polar surface area (TPSA) is 55.2 Å². The summed E-state index contributed by atoms with van der Waals surface area (Å²) in [6.07, 6.45) is 3.86. The van der Waals surface area contributed by atoms with Crippen molar-refractivity contribution in [3.05, 3.63) is 63.0 Å².